The summed E-state index contributed by atoms with van der Waals surface area (Å²) in [4.78, 5) is 12.0. The fourth-order valence-corrected chi connectivity index (χ4v) is 2.11. The second-order valence-corrected chi connectivity index (χ2v) is 5.60. The summed E-state index contributed by atoms with van der Waals surface area (Å²) >= 11 is 0. The lowest BCUT2D eigenvalue weighted by molar-refractivity contribution is -0.123. The summed E-state index contributed by atoms with van der Waals surface area (Å²) in [6.07, 6.45) is 0. The first kappa shape index (κ1) is 17.4. The van der Waals surface area contributed by atoms with E-state index in [1.807, 2.05) is 20.8 Å². The summed E-state index contributed by atoms with van der Waals surface area (Å²) in [5.74, 6) is 0.435. The largest absolute Gasteiger partial charge is 0.496 e. The molecule has 0 saturated carbocycles. The van der Waals surface area contributed by atoms with Crippen LogP contribution in [0.3, 0.4) is 0 Å². The van der Waals surface area contributed by atoms with Crippen molar-refractivity contribution in [3.63, 3.8) is 0 Å². The quantitative estimate of drug-likeness (QED) is 0.813. The molecule has 21 heavy (non-hydrogen) atoms. The Morgan fingerprint density at radius 3 is 2.52 bits per heavy atom. The number of carbonyl (C=O) groups is 1. The van der Waals surface area contributed by atoms with Crippen molar-refractivity contribution in [2.24, 2.45) is 5.92 Å². The number of ether oxygens (including phenoxy) is 1. The number of halogens is 1. The van der Waals surface area contributed by atoms with Crippen molar-refractivity contribution < 1.29 is 13.9 Å². The van der Waals surface area contributed by atoms with Crippen molar-refractivity contribution >= 4 is 5.91 Å². The van der Waals surface area contributed by atoms with Gasteiger partial charge in [-0.05, 0) is 31.9 Å². The van der Waals surface area contributed by atoms with Crippen LogP contribution in [0.25, 0.3) is 0 Å². The molecule has 0 aromatic heterocycles. The van der Waals surface area contributed by atoms with Gasteiger partial charge in [0.1, 0.15) is 11.6 Å². The van der Waals surface area contributed by atoms with Crippen LogP contribution < -0.4 is 15.4 Å². The second-order valence-electron chi connectivity index (χ2n) is 5.60. The van der Waals surface area contributed by atoms with Gasteiger partial charge in [-0.15, -0.1) is 0 Å². The molecule has 2 atom stereocenters. The predicted molar refractivity (Wildman–Crippen MR) is 81.8 cm³/mol. The van der Waals surface area contributed by atoms with E-state index in [9.17, 15) is 9.18 Å². The van der Waals surface area contributed by atoms with E-state index in [-0.39, 0.29) is 17.8 Å². The van der Waals surface area contributed by atoms with Crippen molar-refractivity contribution in [2.75, 3.05) is 13.7 Å². The lowest BCUT2D eigenvalue weighted by Crippen LogP contribution is -2.44. The average molecular weight is 296 g/mol. The molecule has 0 saturated heterocycles. The monoisotopic (exact) mass is 296 g/mol. The molecule has 0 heterocycles. The number of rotatable bonds is 7. The van der Waals surface area contributed by atoms with E-state index in [1.54, 1.807) is 19.1 Å². The highest BCUT2D eigenvalue weighted by Gasteiger charge is 2.21. The van der Waals surface area contributed by atoms with Gasteiger partial charge >= 0.3 is 0 Å². The van der Waals surface area contributed by atoms with E-state index in [4.69, 9.17) is 4.74 Å². The molecule has 1 aromatic carbocycles. The minimum absolute atomic E-state index is 0.0918. The molecule has 0 aliphatic rings. The van der Waals surface area contributed by atoms with Crippen molar-refractivity contribution in [3.05, 3.63) is 29.6 Å². The smallest absolute Gasteiger partial charge is 0.236 e. The van der Waals surface area contributed by atoms with Gasteiger partial charge in [0.15, 0.2) is 0 Å². The first-order valence-corrected chi connectivity index (χ1v) is 7.23. The Morgan fingerprint density at radius 1 is 1.29 bits per heavy atom. The Kier molecular flexibility index (Phi) is 6.62. The molecule has 2 N–H and O–H groups in total. The Bertz CT molecular complexity index is 477. The van der Waals surface area contributed by atoms with Crippen LogP contribution in [-0.2, 0) is 4.79 Å². The van der Waals surface area contributed by atoms with Gasteiger partial charge < -0.3 is 10.1 Å². The molecular weight excluding hydrogens is 271 g/mol. The number of benzene rings is 1. The fourth-order valence-electron chi connectivity index (χ4n) is 2.11. The predicted octanol–water partition coefficient (Wildman–Crippen LogP) is 2.65. The normalized spacial score (nSPS) is 13.9. The molecule has 1 amide bonds. The number of nitrogens with one attached hydrogen (secondary N) is 2. The highest BCUT2D eigenvalue weighted by Crippen LogP contribution is 2.27. The van der Waals surface area contributed by atoms with E-state index in [1.165, 1.54) is 13.2 Å². The Labute approximate surface area is 126 Å². The summed E-state index contributed by atoms with van der Waals surface area (Å²) in [5, 5.41) is 5.96. The maximum Gasteiger partial charge on any atom is 0.236 e. The van der Waals surface area contributed by atoms with E-state index in [2.05, 4.69) is 10.6 Å². The summed E-state index contributed by atoms with van der Waals surface area (Å²) in [5.41, 5.74) is 0.434. The van der Waals surface area contributed by atoms with Gasteiger partial charge in [0.05, 0.1) is 13.2 Å². The van der Waals surface area contributed by atoms with Gasteiger partial charge in [-0.2, -0.15) is 0 Å². The minimum atomic E-state index is -0.414. The Morgan fingerprint density at radius 2 is 1.95 bits per heavy atom. The molecule has 2 unspecified atom stereocenters. The zero-order valence-corrected chi connectivity index (χ0v) is 13.4. The molecule has 118 valence electrons. The number of methoxy groups -OCH3 is 1. The van der Waals surface area contributed by atoms with Gasteiger partial charge in [-0.3, -0.25) is 10.1 Å². The molecule has 1 aromatic rings. The lowest BCUT2D eigenvalue weighted by atomic mass is 10.1. The molecule has 0 bridgehead atoms. The number of amides is 1. The topological polar surface area (TPSA) is 50.4 Å². The van der Waals surface area contributed by atoms with Gasteiger partial charge in [0, 0.05) is 18.2 Å². The van der Waals surface area contributed by atoms with E-state index in [0.29, 0.717) is 23.8 Å². The highest BCUT2D eigenvalue weighted by atomic mass is 19.1. The summed E-state index contributed by atoms with van der Waals surface area (Å²) in [6.45, 7) is 8.27. The van der Waals surface area contributed by atoms with E-state index >= 15 is 0 Å². The van der Waals surface area contributed by atoms with Crippen molar-refractivity contribution in [1.29, 1.82) is 0 Å². The zero-order valence-electron chi connectivity index (χ0n) is 13.4. The lowest BCUT2D eigenvalue weighted by Gasteiger charge is -2.22. The van der Waals surface area contributed by atoms with Crippen LogP contribution in [0.2, 0.25) is 0 Å². The first-order valence-electron chi connectivity index (χ1n) is 7.23. The SMILES string of the molecule is COc1cccc(F)c1C(C)NC(C)C(=O)NCC(C)C. The van der Waals surface area contributed by atoms with Crippen LogP contribution in [0.5, 0.6) is 5.75 Å². The first-order chi connectivity index (χ1) is 9.86. The molecule has 0 fully saturated rings. The van der Waals surface area contributed by atoms with Crippen molar-refractivity contribution in [1.82, 2.24) is 10.6 Å². The molecule has 5 heteroatoms. The van der Waals surface area contributed by atoms with E-state index < -0.39 is 6.04 Å². The highest BCUT2D eigenvalue weighted by molar-refractivity contribution is 5.81. The van der Waals surface area contributed by atoms with Gasteiger partial charge in [-0.1, -0.05) is 19.9 Å². The maximum absolute atomic E-state index is 14.0. The summed E-state index contributed by atoms with van der Waals surface area (Å²) < 4.78 is 19.2. The Balaban J connectivity index is 2.72. The van der Waals surface area contributed by atoms with Crippen LogP contribution in [0.15, 0.2) is 18.2 Å². The van der Waals surface area contributed by atoms with Crippen LogP contribution >= 0.6 is 0 Å². The van der Waals surface area contributed by atoms with E-state index in [0.717, 1.165) is 0 Å². The van der Waals surface area contributed by atoms with Gasteiger partial charge in [-0.25, -0.2) is 4.39 Å². The van der Waals surface area contributed by atoms with Crippen molar-refractivity contribution in [3.8, 4) is 5.75 Å². The Hall–Kier alpha value is -1.62. The van der Waals surface area contributed by atoms with Crippen molar-refractivity contribution in [2.45, 2.75) is 39.8 Å². The second kappa shape index (κ2) is 7.98. The van der Waals surface area contributed by atoms with Gasteiger partial charge in [0.25, 0.3) is 0 Å². The van der Waals surface area contributed by atoms with Crippen LogP contribution in [0.4, 0.5) is 4.39 Å². The number of hydrogen-bond acceptors (Lipinski definition) is 3. The fraction of sp³-hybridized carbons (Fsp3) is 0.562. The number of hydrogen-bond donors (Lipinski definition) is 2. The zero-order chi connectivity index (χ0) is 16.0. The third-order valence-electron chi connectivity index (χ3n) is 3.24. The van der Waals surface area contributed by atoms with Crippen LogP contribution in [0.1, 0.15) is 39.3 Å². The minimum Gasteiger partial charge on any atom is -0.496 e. The maximum atomic E-state index is 14.0. The third kappa shape index (κ3) is 5.01. The summed E-state index contributed by atoms with van der Waals surface area (Å²) in [6, 6.07) is 3.95. The molecule has 0 aliphatic heterocycles. The molecule has 1 rings (SSSR count). The van der Waals surface area contributed by atoms with Crippen LogP contribution in [-0.4, -0.2) is 25.6 Å². The molecule has 0 spiro atoms. The molecule has 0 radical (unpaired) electrons. The summed E-state index contributed by atoms with van der Waals surface area (Å²) in [7, 11) is 1.50. The standard InChI is InChI=1S/C16H25FN2O2/c1-10(2)9-18-16(20)12(4)19-11(3)15-13(17)7-6-8-14(15)21-5/h6-8,10-12,19H,9H2,1-5H3,(H,18,20). The van der Waals surface area contributed by atoms with Gasteiger partial charge in [0.2, 0.25) is 5.91 Å². The number of carbonyl (C=O) groups excluding carboxylic acids is 1. The average Bonchev–Trinajstić information content (AvgIpc) is 2.43. The molecule has 4 nitrogen and oxygen atoms in total. The molecular formula is C16H25FN2O2. The molecule has 0 aliphatic carbocycles. The third-order valence-corrected chi connectivity index (χ3v) is 3.24. The van der Waals surface area contributed by atoms with Crippen LogP contribution in [0, 0.1) is 11.7 Å².